The van der Waals surface area contributed by atoms with Crippen molar-refractivity contribution >= 4 is 5.83 Å². The highest BCUT2D eigenvalue weighted by Crippen LogP contribution is 2.35. The van der Waals surface area contributed by atoms with Gasteiger partial charge in [0.2, 0.25) is 0 Å². The van der Waals surface area contributed by atoms with E-state index in [9.17, 15) is 39.5 Å². The van der Waals surface area contributed by atoms with Crippen LogP contribution in [0.1, 0.15) is 29.2 Å². The molecule has 4 aromatic rings. The van der Waals surface area contributed by atoms with E-state index in [1.165, 1.54) is 36.4 Å². The summed E-state index contributed by atoms with van der Waals surface area (Å²) < 4.78 is 144. The van der Waals surface area contributed by atoms with Crippen molar-refractivity contribution in [3.63, 3.8) is 0 Å². The second-order valence-corrected chi connectivity index (χ2v) is 9.48. The lowest BCUT2D eigenvalue weighted by atomic mass is 9.96. The highest BCUT2D eigenvalue weighted by atomic mass is 19.4. The molecule has 11 heteroatoms. The topological polar surface area (TPSA) is 9.23 Å². The molecule has 0 aliphatic heterocycles. The number of aryl methyl sites for hydroxylation is 1. The lowest BCUT2D eigenvalue weighted by Gasteiger charge is -2.12. The van der Waals surface area contributed by atoms with Crippen LogP contribution in [0, 0.1) is 29.1 Å². The largest absolute Gasteiger partial charge is 0.422 e. The van der Waals surface area contributed by atoms with Crippen LogP contribution in [-0.2, 0) is 23.8 Å². The van der Waals surface area contributed by atoms with Crippen LogP contribution >= 0.6 is 0 Å². The number of ether oxygens (including phenoxy) is 1. The van der Waals surface area contributed by atoms with Crippen LogP contribution in [-0.4, -0.2) is 13.2 Å². The third-order valence-corrected chi connectivity index (χ3v) is 6.61. The van der Waals surface area contributed by atoms with Gasteiger partial charge in [-0.15, -0.1) is 0 Å². The van der Waals surface area contributed by atoms with Gasteiger partial charge in [0.1, 0.15) is 41.3 Å². The zero-order valence-corrected chi connectivity index (χ0v) is 22.4. The molecule has 0 saturated heterocycles. The van der Waals surface area contributed by atoms with Crippen LogP contribution in [0.3, 0.4) is 0 Å². The van der Waals surface area contributed by atoms with E-state index in [4.69, 9.17) is 4.74 Å². The van der Waals surface area contributed by atoms with Crippen LogP contribution in [0.2, 0.25) is 0 Å². The summed E-state index contributed by atoms with van der Waals surface area (Å²) in [6.45, 7) is 1.33. The van der Waals surface area contributed by atoms with Gasteiger partial charge in [-0.3, -0.25) is 0 Å². The first-order chi connectivity index (χ1) is 20.3. The third-order valence-electron chi connectivity index (χ3n) is 6.61. The normalized spacial score (nSPS) is 12.4. The Morgan fingerprint density at radius 2 is 1.21 bits per heavy atom. The Morgan fingerprint density at radius 3 is 1.74 bits per heavy atom. The van der Waals surface area contributed by atoms with Crippen molar-refractivity contribution in [2.24, 2.45) is 0 Å². The molecule has 4 rings (SSSR count). The average Bonchev–Trinajstić information content (AvgIpc) is 2.94. The SMILES string of the molecule is CCOC/C(F)=C(\F)c1ccc(-c2ccc(-c3cc(F)c(CCc4cc(F)c(C(F)(F)F)c(F)c4)c(F)c3)c(F)c2)cc1. The molecule has 226 valence electrons. The maximum atomic E-state index is 15.1. The zero-order valence-electron chi connectivity index (χ0n) is 22.4. The number of benzene rings is 4. The van der Waals surface area contributed by atoms with E-state index in [1.54, 1.807) is 6.92 Å². The molecule has 0 spiro atoms. The second kappa shape index (κ2) is 13.0. The van der Waals surface area contributed by atoms with Crippen molar-refractivity contribution in [3.05, 3.63) is 124 Å². The molecule has 0 unspecified atom stereocenters. The summed E-state index contributed by atoms with van der Waals surface area (Å²) in [7, 11) is 0. The molecule has 0 aliphatic carbocycles. The first-order valence-electron chi connectivity index (χ1n) is 12.9. The van der Waals surface area contributed by atoms with Crippen LogP contribution < -0.4 is 0 Å². The number of rotatable bonds is 9. The van der Waals surface area contributed by atoms with Crippen LogP contribution in [0.25, 0.3) is 28.1 Å². The number of hydrogen-bond acceptors (Lipinski definition) is 1. The quantitative estimate of drug-likeness (QED) is 0.171. The molecular formula is C32H22F10O. The van der Waals surface area contributed by atoms with Crippen molar-refractivity contribution in [3.8, 4) is 22.3 Å². The molecule has 0 amide bonds. The number of hydrogen-bond donors (Lipinski definition) is 0. The van der Waals surface area contributed by atoms with Gasteiger partial charge in [-0.2, -0.15) is 13.2 Å². The zero-order chi connectivity index (χ0) is 31.5. The number of alkyl halides is 3. The van der Waals surface area contributed by atoms with Gasteiger partial charge in [0, 0.05) is 23.3 Å². The van der Waals surface area contributed by atoms with Crippen LogP contribution in [0.5, 0.6) is 0 Å². The Morgan fingerprint density at radius 1 is 0.651 bits per heavy atom. The summed E-state index contributed by atoms with van der Waals surface area (Å²) in [5.74, 6) is -8.86. The lowest BCUT2D eigenvalue weighted by molar-refractivity contribution is -0.142. The Kier molecular flexibility index (Phi) is 9.64. The fourth-order valence-electron chi connectivity index (χ4n) is 4.46. The van der Waals surface area contributed by atoms with Gasteiger partial charge in [0.05, 0.1) is 0 Å². The van der Waals surface area contributed by atoms with Crippen molar-refractivity contribution < 1.29 is 48.6 Å². The number of halogens is 10. The molecule has 0 heterocycles. The average molecular weight is 613 g/mol. The van der Waals surface area contributed by atoms with E-state index < -0.39 is 71.1 Å². The Hall–Kier alpha value is -4.12. The minimum atomic E-state index is -5.25. The maximum Gasteiger partial charge on any atom is 0.422 e. The molecule has 0 radical (unpaired) electrons. The van der Waals surface area contributed by atoms with Gasteiger partial charge in [0.15, 0.2) is 11.7 Å². The molecular weight excluding hydrogens is 590 g/mol. The van der Waals surface area contributed by atoms with E-state index in [2.05, 4.69) is 0 Å². The van der Waals surface area contributed by atoms with Gasteiger partial charge in [-0.05, 0) is 72.4 Å². The van der Waals surface area contributed by atoms with Gasteiger partial charge in [-0.25, -0.2) is 30.7 Å². The van der Waals surface area contributed by atoms with Crippen molar-refractivity contribution in [2.75, 3.05) is 13.2 Å². The van der Waals surface area contributed by atoms with Crippen molar-refractivity contribution in [1.29, 1.82) is 0 Å². The molecule has 0 bridgehead atoms. The highest BCUT2D eigenvalue weighted by molar-refractivity contribution is 5.73. The second-order valence-electron chi connectivity index (χ2n) is 9.48. The van der Waals surface area contributed by atoms with Crippen LogP contribution in [0.4, 0.5) is 43.9 Å². The van der Waals surface area contributed by atoms with E-state index in [1.807, 2.05) is 0 Å². The molecule has 0 fully saturated rings. The van der Waals surface area contributed by atoms with Gasteiger partial charge < -0.3 is 4.74 Å². The molecule has 0 aromatic heterocycles. The summed E-state index contributed by atoms with van der Waals surface area (Å²) in [5.41, 5.74) is -2.34. The standard InChI is InChI=1S/C32H22F10O/c1-2-43-16-29(38)31(39)19-6-4-18(5-7-19)20-8-10-22(24(33)13-20)21-14-25(34)23(26(35)15-21)9-3-17-11-27(36)30(28(37)12-17)32(40,41)42/h4-8,10-15H,2-3,9,16H2,1H3/b31-29+. The van der Waals surface area contributed by atoms with Crippen molar-refractivity contribution in [1.82, 2.24) is 0 Å². The highest BCUT2D eigenvalue weighted by Gasteiger charge is 2.37. The maximum absolute atomic E-state index is 15.1. The minimum absolute atomic E-state index is 0.0438. The summed E-state index contributed by atoms with van der Waals surface area (Å²) >= 11 is 0. The molecule has 1 nitrogen and oxygen atoms in total. The molecule has 43 heavy (non-hydrogen) atoms. The summed E-state index contributed by atoms with van der Waals surface area (Å²) in [6, 6.07) is 12.0. The fraction of sp³-hybridized carbons (Fsp3) is 0.188. The Balaban J connectivity index is 1.52. The molecule has 0 N–H and O–H groups in total. The first kappa shape index (κ1) is 31.8. The van der Waals surface area contributed by atoms with Crippen molar-refractivity contribution in [2.45, 2.75) is 25.9 Å². The molecule has 0 saturated carbocycles. The van der Waals surface area contributed by atoms with Gasteiger partial charge in [0.25, 0.3) is 0 Å². The van der Waals surface area contributed by atoms with Gasteiger partial charge in [-0.1, -0.05) is 36.4 Å². The van der Waals surface area contributed by atoms with E-state index >= 15 is 4.39 Å². The Bertz CT molecular complexity index is 1610. The minimum Gasteiger partial charge on any atom is -0.375 e. The molecule has 0 atom stereocenters. The predicted octanol–water partition coefficient (Wildman–Crippen LogP) is 10.2. The predicted molar refractivity (Wildman–Crippen MR) is 142 cm³/mol. The third kappa shape index (κ3) is 7.27. The monoisotopic (exact) mass is 612 g/mol. The summed E-state index contributed by atoms with van der Waals surface area (Å²) in [6.07, 6.45) is -6.06. The van der Waals surface area contributed by atoms with E-state index in [0.29, 0.717) is 23.3 Å². The van der Waals surface area contributed by atoms with E-state index in [-0.39, 0.29) is 35.3 Å². The summed E-state index contributed by atoms with van der Waals surface area (Å²) in [4.78, 5) is 0. The smallest absolute Gasteiger partial charge is 0.375 e. The molecule has 4 aromatic carbocycles. The fourth-order valence-corrected chi connectivity index (χ4v) is 4.46. The Labute approximate surface area is 240 Å². The first-order valence-corrected chi connectivity index (χ1v) is 12.9. The van der Waals surface area contributed by atoms with Crippen LogP contribution in [0.15, 0.2) is 72.6 Å². The van der Waals surface area contributed by atoms with E-state index in [0.717, 1.165) is 18.2 Å². The summed E-state index contributed by atoms with van der Waals surface area (Å²) in [5, 5.41) is 0. The molecule has 0 aliphatic rings. The lowest BCUT2D eigenvalue weighted by Crippen LogP contribution is -2.12. The van der Waals surface area contributed by atoms with Gasteiger partial charge >= 0.3 is 6.18 Å².